The minimum absolute atomic E-state index is 0.0556. The van der Waals surface area contributed by atoms with Gasteiger partial charge in [-0.05, 0) is 36.4 Å². The van der Waals surface area contributed by atoms with Gasteiger partial charge in [-0.3, -0.25) is 9.69 Å². The molecule has 2 aromatic carbocycles. The standard InChI is InChI=1S/C25H31FN4O3/c1-4-28-11-13-29(14-12-28)17-25(31)30-23(21-10-9-20(32-2)15-24(21)33-3)16-22(27-30)18-5-7-19(26)8-6-18/h5-10,15,23H,4,11-14,16-17H2,1-3H3. The molecule has 4 rings (SSSR count). The second-order valence-corrected chi connectivity index (χ2v) is 8.33. The van der Waals surface area contributed by atoms with E-state index in [0.29, 0.717) is 24.5 Å². The Bertz CT molecular complexity index is 1000. The largest absolute Gasteiger partial charge is 0.497 e. The van der Waals surface area contributed by atoms with E-state index in [4.69, 9.17) is 14.6 Å². The van der Waals surface area contributed by atoms with Gasteiger partial charge in [0.05, 0.1) is 32.5 Å². The third kappa shape index (κ3) is 5.17. The minimum Gasteiger partial charge on any atom is -0.497 e. The lowest BCUT2D eigenvalue weighted by Crippen LogP contribution is -2.49. The Morgan fingerprint density at radius 2 is 1.73 bits per heavy atom. The molecule has 0 aromatic heterocycles. The summed E-state index contributed by atoms with van der Waals surface area (Å²) in [6.45, 7) is 7.14. The van der Waals surface area contributed by atoms with Crippen LogP contribution in [0.2, 0.25) is 0 Å². The van der Waals surface area contributed by atoms with E-state index in [2.05, 4.69) is 16.7 Å². The second-order valence-electron chi connectivity index (χ2n) is 8.33. The van der Waals surface area contributed by atoms with Crippen molar-refractivity contribution in [1.29, 1.82) is 0 Å². The normalized spacial score (nSPS) is 19.5. The molecule has 0 spiro atoms. The van der Waals surface area contributed by atoms with Gasteiger partial charge in [-0.15, -0.1) is 0 Å². The van der Waals surface area contributed by atoms with Crippen molar-refractivity contribution in [3.05, 3.63) is 59.4 Å². The van der Waals surface area contributed by atoms with Gasteiger partial charge in [-0.2, -0.15) is 5.10 Å². The Balaban J connectivity index is 1.60. The van der Waals surface area contributed by atoms with Gasteiger partial charge < -0.3 is 14.4 Å². The van der Waals surface area contributed by atoms with Gasteiger partial charge in [-0.1, -0.05) is 19.1 Å². The molecule has 1 saturated heterocycles. The number of hydrazone groups is 1. The van der Waals surface area contributed by atoms with E-state index in [1.807, 2.05) is 18.2 Å². The average molecular weight is 455 g/mol. The summed E-state index contributed by atoms with van der Waals surface area (Å²) in [5, 5.41) is 6.29. The molecule has 33 heavy (non-hydrogen) atoms. The SMILES string of the molecule is CCN1CCN(CC(=O)N2N=C(c3ccc(F)cc3)CC2c2ccc(OC)cc2OC)CC1. The maximum Gasteiger partial charge on any atom is 0.257 e. The van der Waals surface area contributed by atoms with Gasteiger partial charge in [0.2, 0.25) is 0 Å². The zero-order valence-corrected chi connectivity index (χ0v) is 19.5. The van der Waals surface area contributed by atoms with E-state index in [1.165, 1.54) is 12.1 Å². The number of carbonyl (C=O) groups excluding carboxylic acids is 1. The molecule has 1 unspecified atom stereocenters. The van der Waals surface area contributed by atoms with Crippen LogP contribution in [0.4, 0.5) is 4.39 Å². The summed E-state index contributed by atoms with van der Waals surface area (Å²) >= 11 is 0. The first kappa shape index (κ1) is 23.2. The van der Waals surface area contributed by atoms with Crippen LogP contribution < -0.4 is 9.47 Å². The van der Waals surface area contributed by atoms with Gasteiger partial charge in [0, 0.05) is 44.2 Å². The Hall–Kier alpha value is -2.97. The van der Waals surface area contributed by atoms with Crippen LogP contribution in [0.25, 0.3) is 0 Å². The summed E-state index contributed by atoms with van der Waals surface area (Å²) in [6.07, 6.45) is 0.518. The van der Waals surface area contributed by atoms with E-state index >= 15 is 0 Å². The predicted octanol–water partition coefficient (Wildman–Crippen LogP) is 3.16. The van der Waals surface area contributed by atoms with Crippen molar-refractivity contribution in [2.75, 3.05) is 53.5 Å². The monoisotopic (exact) mass is 454 g/mol. The van der Waals surface area contributed by atoms with Crippen LogP contribution in [-0.4, -0.2) is 79.9 Å². The minimum atomic E-state index is -0.310. The van der Waals surface area contributed by atoms with Crippen LogP contribution in [0.3, 0.4) is 0 Å². The van der Waals surface area contributed by atoms with Gasteiger partial charge in [0.1, 0.15) is 17.3 Å². The van der Waals surface area contributed by atoms with Crippen molar-refractivity contribution in [1.82, 2.24) is 14.8 Å². The zero-order valence-electron chi connectivity index (χ0n) is 19.5. The van der Waals surface area contributed by atoms with Crippen LogP contribution in [-0.2, 0) is 4.79 Å². The van der Waals surface area contributed by atoms with E-state index in [0.717, 1.165) is 49.6 Å². The molecule has 176 valence electrons. The number of halogens is 1. The fourth-order valence-electron chi connectivity index (χ4n) is 4.42. The van der Waals surface area contributed by atoms with Crippen LogP contribution in [0.15, 0.2) is 47.6 Å². The van der Waals surface area contributed by atoms with E-state index in [9.17, 15) is 9.18 Å². The van der Waals surface area contributed by atoms with Crippen LogP contribution in [0.1, 0.15) is 30.5 Å². The molecule has 0 radical (unpaired) electrons. The van der Waals surface area contributed by atoms with Crippen molar-refractivity contribution in [3.8, 4) is 11.5 Å². The van der Waals surface area contributed by atoms with Crippen molar-refractivity contribution in [2.24, 2.45) is 5.10 Å². The number of amides is 1. The first-order valence-corrected chi connectivity index (χ1v) is 11.3. The molecule has 1 fully saturated rings. The number of benzene rings is 2. The summed E-state index contributed by atoms with van der Waals surface area (Å²) < 4.78 is 24.4. The van der Waals surface area contributed by atoms with Gasteiger partial charge in [0.15, 0.2) is 0 Å². The lowest BCUT2D eigenvalue weighted by Gasteiger charge is -2.34. The quantitative estimate of drug-likeness (QED) is 0.643. The van der Waals surface area contributed by atoms with E-state index in [1.54, 1.807) is 31.4 Å². The summed E-state index contributed by atoms with van der Waals surface area (Å²) in [6, 6.07) is 11.5. The Morgan fingerprint density at radius 1 is 1.03 bits per heavy atom. The van der Waals surface area contributed by atoms with Gasteiger partial charge in [0.25, 0.3) is 5.91 Å². The number of likely N-dealkylation sites (N-methyl/N-ethyl adjacent to an activating group) is 1. The molecular weight excluding hydrogens is 423 g/mol. The summed E-state index contributed by atoms with van der Waals surface area (Å²) in [7, 11) is 3.21. The second kappa shape index (κ2) is 10.3. The van der Waals surface area contributed by atoms with Crippen LogP contribution in [0.5, 0.6) is 11.5 Å². The lowest BCUT2D eigenvalue weighted by atomic mass is 9.97. The molecule has 1 amide bonds. The zero-order chi connectivity index (χ0) is 23.4. The fraction of sp³-hybridized carbons (Fsp3) is 0.440. The van der Waals surface area contributed by atoms with Crippen LogP contribution in [0, 0.1) is 5.82 Å². The van der Waals surface area contributed by atoms with Crippen molar-refractivity contribution < 1.29 is 18.7 Å². The number of ether oxygens (including phenoxy) is 2. The molecule has 2 heterocycles. The average Bonchev–Trinajstić information content (AvgIpc) is 3.30. The molecular formula is C25H31FN4O3. The molecule has 0 aliphatic carbocycles. The first-order chi connectivity index (χ1) is 16.0. The molecule has 0 N–H and O–H groups in total. The van der Waals surface area contributed by atoms with E-state index in [-0.39, 0.29) is 17.8 Å². The molecule has 2 aromatic rings. The smallest absolute Gasteiger partial charge is 0.257 e. The Morgan fingerprint density at radius 3 is 2.36 bits per heavy atom. The Labute approximate surface area is 194 Å². The highest BCUT2D eigenvalue weighted by Crippen LogP contribution is 2.39. The van der Waals surface area contributed by atoms with E-state index < -0.39 is 0 Å². The van der Waals surface area contributed by atoms with Gasteiger partial charge >= 0.3 is 0 Å². The Kier molecular flexibility index (Phi) is 7.25. The van der Waals surface area contributed by atoms with Crippen LogP contribution >= 0.6 is 0 Å². The topological polar surface area (TPSA) is 57.6 Å². The summed E-state index contributed by atoms with van der Waals surface area (Å²) in [5.74, 6) is 0.967. The van der Waals surface area contributed by atoms with Crippen molar-refractivity contribution in [3.63, 3.8) is 0 Å². The van der Waals surface area contributed by atoms with Crippen molar-refractivity contribution in [2.45, 2.75) is 19.4 Å². The summed E-state index contributed by atoms with van der Waals surface area (Å²) in [5.41, 5.74) is 2.42. The molecule has 8 heteroatoms. The van der Waals surface area contributed by atoms with Crippen molar-refractivity contribution >= 4 is 11.6 Å². The first-order valence-electron chi connectivity index (χ1n) is 11.3. The third-order valence-corrected chi connectivity index (χ3v) is 6.41. The maximum absolute atomic E-state index is 13.5. The number of hydrogen-bond acceptors (Lipinski definition) is 6. The fourth-order valence-corrected chi connectivity index (χ4v) is 4.42. The number of nitrogens with zero attached hydrogens (tertiary/aromatic N) is 4. The molecule has 0 saturated carbocycles. The molecule has 2 aliphatic rings. The molecule has 1 atom stereocenters. The number of carbonyl (C=O) groups is 1. The number of piperazine rings is 1. The number of methoxy groups -OCH3 is 2. The predicted molar refractivity (Wildman–Crippen MR) is 125 cm³/mol. The number of rotatable bonds is 7. The highest BCUT2D eigenvalue weighted by atomic mass is 19.1. The number of hydrogen-bond donors (Lipinski definition) is 0. The molecule has 2 aliphatic heterocycles. The lowest BCUT2D eigenvalue weighted by molar-refractivity contribution is -0.134. The highest BCUT2D eigenvalue weighted by Gasteiger charge is 2.35. The maximum atomic E-state index is 13.5. The third-order valence-electron chi connectivity index (χ3n) is 6.41. The highest BCUT2D eigenvalue weighted by molar-refractivity contribution is 6.03. The molecule has 7 nitrogen and oxygen atoms in total. The van der Waals surface area contributed by atoms with Gasteiger partial charge in [-0.25, -0.2) is 9.40 Å². The molecule has 0 bridgehead atoms. The summed E-state index contributed by atoms with van der Waals surface area (Å²) in [4.78, 5) is 18.0.